The molecule has 0 atom stereocenters. The van der Waals surface area contributed by atoms with E-state index < -0.39 is 25.2 Å². The minimum Gasteiger partial charge on any atom is -0.395 e. The van der Waals surface area contributed by atoms with Gasteiger partial charge in [-0.1, -0.05) is 11.6 Å². The first-order chi connectivity index (χ1) is 8.74. The summed E-state index contributed by atoms with van der Waals surface area (Å²) in [7, 11) is 0. The van der Waals surface area contributed by atoms with Crippen LogP contribution in [0.1, 0.15) is 10.4 Å². The molecule has 0 fully saturated rings. The molecule has 3 nitrogen and oxygen atoms in total. The molecule has 0 aliphatic carbocycles. The van der Waals surface area contributed by atoms with Crippen molar-refractivity contribution in [1.29, 1.82) is 0 Å². The van der Waals surface area contributed by atoms with Crippen LogP contribution in [-0.2, 0) is 0 Å². The molecule has 19 heavy (non-hydrogen) atoms. The van der Waals surface area contributed by atoms with E-state index in [1.807, 2.05) is 22.6 Å². The maximum atomic E-state index is 12.3. The summed E-state index contributed by atoms with van der Waals surface area (Å²) >= 11 is 7.77. The van der Waals surface area contributed by atoms with Crippen LogP contribution in [0.3, 0.4) is 0 Å². The van der Waals surface area contributed by atoms with Crippen molar-refractivity contribution in [2.45, 2.75) is 6.18 Å². The van der Waals surface area contributed by atoms with E-state index in [0.717, 1.165) is 0 Å². The Morgan fingerprint density at radius 2 is 2.05 bits per heavy atom. The molecule has 0 heterocycles. The normalized spacial score (nSPS) is 11.5. The van der Waals surface area contributed by atoms with E-state index >= 15 is 0 Å². The number of hydrogen-bond donors (Lipinski definition) is 1. The van der Waals surface area contributed by atoms with E-state index in [1.165, 1.54) is 12.1 Å². The van der Waals surface area contributed by atoms with Gasteiger partial charge in [0.1, 0.15) is 6.54 Å². The molecule has 0 bridgehead atoms. The number of carbonyl (C=O) groups is 1. The van der Waals surface area contributed by atoms with Gasteiger partial charge in [0.15, 0.2) is 0 Å². The predicted octanol–water partition coefficient (Wildman–Crippen LogP) is 2.94. The van der Waals surface area contributed by atoms with Crippen molar-refractivity contribution >= 4 is 40.1 Å². The van der Waals surface area contributed by atoms with Gasteiger partial charge in [0.05, 0.1) is 11.6 Å². The number of rotatable bonds is 4. The van der Waals surface area contributed by atoms with E-state index in [0.29, 0.717) is 13.5 Å². The molecule has 106 valence electrons. The van der Waals surface area contributed by atoms with Crippen molar-refractivity contribution < 1.29 is 23.1 Å². The highest BCUT2D eigenvalue weighted by molar-refractivity contribution is 14.1. The number of halogens is 5. The lowest BCUT2D eigenvalue weighted by Crippen LogP contribution is -2.40. The zero-order valence-electron chi connectivity index (χ0n) is 9.55. The van der Waals surface area contributed by atoms with Gasteiger partial charge >= 0.3 is 6.18 Å². The Morgan fingerprint density at radius 3 is 2.53 bits per heavy atom. The number of nitrogens with zero attached hydrogens (tertiary/aromatic N) is 1. The summed E-state index contributed by atoms with van der Waals surface area (Å²) in [6.45, 7) is -2.34. The standard InChI is InChI=1S/C11H10ClF3INO2/c12-8-5-7(1-2-9(8)16)10(19)17(3-4-18)6-11(13,14)15/h1-2,5,18H,3-4,6H2. The second kappa shape index (κ2) is 6.76. The molecule has 0 aromatic heterocycles. The molecular formula is C11H10ClF3INO2. The Kier molecular flexibility index (Phi) is 5.87. The van der Waals surface area contributed by atoms with Crippen LogP contribution in [0.2, 0.25) is 5.02 Å². The lowest BCUT2D eigenvalue weighted by molar-refractivity contribution is -0.141. The SMILES string of the molecule is O=C(c1ccc(I)c(Cl)c1)N(CCO)CC(F)(F)F. The number of amides is 1. The predicted molar refractivity (Wildman–Crippen MR) is 73.2 cm³/mol. The molecule has 0 spiro atoms. The summed E-state index contributed by atoms with van der Waals surface area (Å²) in [5.41, 5.74) is 0.0584. The second-order valence-corrected chi connectivity index (χ2v) is 5.26. The minimum atomic E-state index is -4.52. The van der Waals surface area contributed by atoms with Gasteiger partial charge in [-0.25, -0.2) is 0 Å². The first-order valence-corrected chi connectivity index (χ1v) is 6.62. The van der Waals surface area contributed by atoms with Gasteiger partial charge in [0.25, 0.3) is 5.91 Å². The number of alkyl halides is 3. The van der Waals surface area contributed by atoms with E-state index in [-0.39, 0.29) is 12.1 Å². The zero-order chi connectivity index (χ0) is 14.6. The zero-order valence-corrected chi connectivity index (χ0v) is 12.5. The van der Waals surface area contributed by atoms with Crippen LogP contribution in [0, 0.1) is 3.57 Å². The van der Waals surface area contributed by atoms with Crippen LogP contribution < -0.4 is 0 Å². The fourth-order valence-electron chi connectivity index (χ4n) is 1.40. The molecule has 0 unspecified atom stereocenters. The Balaban J connectivity index is 2.95. The maximum absolute atomic E-state index is 12.3. The van der Waals surface area contributed by atoms with Gasteiger partial charge in [0, 0.05) is 15.7 Å². The number of aliphatic hydroxyl groups is 1. The van der Waals surface area contributed by atoms with Crippen LogP contribution in [-0.4, -0.2) is 41.8 Å². The minimum absolute atomic E-state index is 0.0584. The molecule has 1 N–H and O–H groups in total. The Labute approximate surface area is 126 Å². The first-order valence-electron chi connectivity index (χ1n) is 5.16. The summed E-state index contributed by atoms with van der Waals surface area (Å²) in [6, 6.07) is 4.25. The van der Waals surface area contributed by atoms with Crippen molar-refractivity contribution in [3.8, 4) is 0 Å². The molecule has 0 saturated carbocycles. The van der Waals surface area contributed by atoms with Crippen molar-refractivity contribution in [1.82, 2.24) is 4.90 Å². The van der Waals surface area contributed by atoms with Gasteiger partial charge < -0.3 is 10.0 Å². The fraction of sp³-hybridized carbons (Fsp3) is 0.364. The molecule has 0 aliphatic heterocycles. The lowest BCUT2D eigenvalue weighted by Gasteiger charge is -2.23. The third-order valence-corrected chi connectivity index (χ3v) is 3.77. The topological polar surface area (TPSA) is 40.5 Å². The molecule has 8 heteroatoms. The molecule has 1 rings (SSSR count). The van der Waals surface area contributed by atoms with Crippen molar-refractivity contribution in [3.63, 3.8) is 0 Å². The van der Waals surface area contributed by atoms with Crippen LogP contribution in [0.4, 0.5) is 13.2 Å². The Bertz CT molecular complexity index is 468. The number of benzene rings is 1. The smallest absolute Gasteiger partial charge is 0.395 e. The monoisotopic (exact) mass is 407 g/mol. The molecule has 0 saturated heterocycles. The third kappa shape index (κ3) is 5.15. The number of hydrogen-bond acceptors (Lipinski definition) is 2. The highest BCUT2D eigenvalue weighted by atomic mass is 127. The van der Waals surface area contributed by atoms with Gasteiger partial charge in [-0.2, -0.15) is 13.2 Å². The van der Waals surface area contributed by atoms with Crippen LogP contribution in [0.15, 0.2) is 18.2 Å². The summed E-state index contributed by atoms with van der Waals surface area (Å²) in [4.78, 5) is 12.5. The quantitative estimate of drug-likeness (QED) is 0.780. The first kappa shape index (κ1) is 16.5. The van der Waals surface area contributed by atoms with Crippen molar-refractivity contribution in [3.05, 3.63) is 32.4 Å². The summed E-state index contributed by atoms with van der Waals surface area (Å²) in [6.07, 6.45) is -4.52. The van der Waals surface area contributed by atoms with Crippen LogP contribution in [0.25, 0.3) is 0 Å². The second-order valence-electron chi connectivity index (χ2n) is 3.69. The number of carbonyl (C=O) groups excluding carboxylic acids is 1. The van der Waals surface area contributed by atoms with Gasteiger partial charge in [-0.05, 0) is 40.8 Å². The highest BCUT2D eigenvalue weighted by Gasteiger charge is 2.33. The molecule has 1 aromatic rings. The highest BCUT2D eigenvalue weighted by Crippen LogP contribution is 2.22. The molecular weight excluding hydrogens is 397 g/mol. The number of aliphatic hydroxyl groups excluding tert-OH is 1. The average Bonchev–Trinajstić information content (AvgIpc) is 2.29. The van der Waals surface area contributed by atoms with Crippen molar-refractivity contribution in [2.24, 2.45) is 0 Å². The van der Waals surface area contributed by atoms with E-state index in [1.54, 1.807) is 6.07 Å². The maximum Gasteiger partial charge on any atom is 0.406 e. The van der Waals surface area contributed by atoms with Gasteiger partial charge in [-0.3, -0.25) is 4.79 Å². The molecule has 0 radical (unpaired) electrons. The van der Waals surface area contributed by atoms with E-state index in [9.17, 15) is 18.0 Å². The average molecular weight is 408 g/mol. The van der Waals surface area contributed by atoms with Crippen LogP contribution >= 0.6 is 34.2 Å². The van der Waals surface area contributed by atoms with Gasteiger partial charge in [-0.15, -0.1) is 0 Å². The van der Waals surface area contributed by atoms with Gasteiger partial charge in [0.2, 0.25) is 0 Å². The lowest BCUT2D eigenvalue weighted by atomic mass is 10.2. The fourth-order valence-corrected chi connectivity index (χ4v) is 1.92. The largest absolute Gasteiger partial charge is 0.406 e. The molecule has 1 aromatic carbocycles. The third-order valence-electron chi connectivity index (χ3n) is 2.19. The molecule has 0 aliphatic rings. The summed E-state index contributed by atoms with van der Waals surface area (Å²) < 4.78 is 37.7. The Morgan fingerprint density at radius 1 is 1.42 bits per heavy atom. The van der Waals surface area contributed by atoms with Crippen molar-refractivity contribution in [2.75, 3.05) is 19.7 Å². The Hall–Kier alpha value is -0.540. The molecule has 1 amide bonds. The summed E-state index contributed by atoms with van der Waals surface area (Å²) in [5, 5.41) is 9.03. The summed E-state index contributed by atoms with van der Waals surface area (Å²) in [5.74, 6) is -0.815. The van der Waals surface area contributed by atoms with E-state index in [2.05, 4.69) is 0 Å². The van der Waals surface area contributed by atoms with E-state index in [4.69, 9.17) is 16.7 Å². The van der Waals surface area contributed by atoms with Crippen LogP contribution in [0.5, 0.6) is 0 Å².